The van der Waals surface area contributed by atoms with Crippen LogP contribution in [0.25, 0.3) is 0 Å². The molecule has 3 heteroatoms. The quantitative estimate of drug-likeness (QED) is 0.633. The van der Waals surface area contributed by atoms with E-state index in [9.17, 15) is 5.11 Å². The van der Waals surface area contributed by atoms with Gasteiger partial charge in [-0.1, -0.05) is 6.92 Å². The van der Waals surface area contributed by atoms with Crippen LogP contribution in [0.5, 0.6) is 0 Å². The van der Waals surface area contributed by atoms with Crippen molar-refractivity contribution in [3.8, 4) is 0 Å². The molecule has 0 saturated heterocycles. The molecular weight excluding hydrogens is 144 g/mol. The highest BCUT2D eigenvalue weighted by molar-refractivity contribution is 4.73. The molecular formula is C8H17O3. The van der Waals surface area contributed by atoms with Crippen LogP contribution >= 0.6 is 0 Å². The molecule has 0 aliphatic rings. The highest BCUT2D eigenvalue weighted by Crippen LogP contribution is 2.18. The van der Waals surface area contributed by atoms with Crippen LogP contribution in [-0.2, 0) is 5.11 Å². The second-order valence-electron chi connectivity index (χ2n) is 3.69. The first-order chi connectivity index (χ1) is 4.87. The third kappa shape index (κ3) is 5.18. The van der Waals surface area contributed by atoms with Crippen LogP contribution in [0.3, 0.4) is 0 Å². The van der Waals surface area contributed by atoms with Gasteiger partial charge in [-0.15, -0.1) is 0 Å². The SMILES string of the molecule is CC(CC(C)(C)[O])C(O)CO. The van der Waals surface area contributed by atoms with E-state index in [1.807, 2.05) is 0 Å². The molecule has 1 radical (unpaired) electrons. The molecule has 0 aromatic carbocycles. The van der Waals surface area contributed by atoms with E-state index in [1.54, 1.807) is 20.8 Å². The van der Waals surface area contributed by atoms with Gasteiger partial charge in [-0.3, -0.25) is 0 Å². The molecule has 0 aliphatic carbocycles. The molecule has 2 atom stereocenters. The molecule has 2 N–H and O–H groups in total. The molecule has 3 nitrogen and oxygen atoms in total. The molecule has 2 unspecified atom stereocenters. The minimum Gasteiger partial charge on any atom is -0.394 e. The van der Waals surface area contributed by atoms with Crippen LogP contribution in [0.1, 0.15) is 27.2 Å². The van der Waals surface area contributed by atoms with Crippen LogP contribution in [-0.4, -0.2) is 28.5 Å². The van der Waals surface area contributed by atoms with Crippen molar-refractivity contribution in [2.24, 2.45) is 5.92 Å². The van der Waals surface area contributed by atoms with E-state index < -0.39 is 11.7 Å². The molecule has 67 valence electrons. The van der Waals surface area contributed by atoms with E-state index >= 15 is 0 Å². The van der Waals surface area contributed by atoms with Crippen molar-refractivity contribution in [1.82, 2.24) is 0 Å². The largest absolute Gasteiger partial charge is 0.394 e. The Labute approximate surface area is 67.7 Å². The van der Waals surface area contributed by atoms with Gasteiger partial charge < -0.3 is 10.2 Å². The summed E-state index contributed by atoms with van der Waals surface area (Å²) in [5.41, 5.74) is -1.02. The zero-order valence-corrected chi connectivity index (χ0v) is 7.37. The molecule has 0 bridgehead atoms. The van der Waals surface area contributed by atoms with Crippen LogP contribution in [0.4, 0.5) is 0 Å². The van der Waals surface area contributed by atoms with E-state index in [1.165, 1.54) is 0 Å². The molecule has 0 aliphatic heterocycles. The second kappa shape index (κ2) is 4.04. The summed E-state index contributed by atoms with van der Waals surface area (Å²) < 4.78 is 0. The van der Waals surface area contributed by atoms with Crippen molar-refractivity contribution >= 4 is 0 Å². The topological polar surface area (TPSA) is 60.4 Å². The Morgan fingerprint density at radius 2 is 1.91 bits per heavy atom. The summed E-state index contributed by atoms with van der Waals surface area (Å²) in [7, 11) is 0. The van der Waals surface area contributed by atoms with Crippen molar-refractivity contribution in [2.45, 2.75) is 38.9 Å². The third-order valence-electron chi connectivity index (χ3n) is 1.66. The Bertz CT molecular complexity index is 106. The molecule has 0 aromatic heterocycles. The first-order valence-electron chi connectivity index (χ1n) is 3.86. The summed E-state index contributed by atoms with van der Waals surface area (Å²) in [5.74, 6) is -0.132. The van der Waals surface area contributed by atoms with Crippen LogP contribution in [0.2, 0.25) is 0 Å². The average molecular weight is 161 g/mol. The van der Waals surface area contributed by atoms with Gasteiger partial charge in [-0.25, -0.2) is 5.11 Å². The average Bonchev–Trinajstić information content (AvgIpc) is 1.82. The summed E-state index contributed by atoms with van der Waals surface area (Å²) in [6.45, 7) is 4.65. The monoisotopic (exact) mass is 161 g/mol. The van der Waals surface area contributed by atoms with Gasteiger partial charge in [0.15, 0.2) is 0 Å². The Balaban J connectivity index is 3.77. The van der Waals surface area contributed by atoms with E-state index in [0.29, 0.717) is 6.42 Å². The minimum atomic E-state index is -1.02. The maximum atomic E-state index is 11.1. The lowest BCUT2D eigenvalue weighted by Gasteiger charge is -2.22. The summed E-state index contributed by atoms with van der Waals surface area (Å²) in [4.78, 5) is 0. The van der Waals surface area contributed by atoms with Crippen LogP contribution < -0.4 is 0 Å². The first kappa shape index (κ1) is 10.9. The van der Waals surface area contributed by atoms with Gasteiger partial charge in [0.25, 0.3) is 0 Å². The van der Waals surface area contributed by atoms with Crippen molar-refractivity contribution in [2.75, 3.05) is 6.61 Å². The van der Waals surface area contributed by atoms with Crippen molar-refractivity contribution in [3.05, 3.63) is 0 Å². The summed E-state index contributed by atoms with van der Waals surface area (Å²) in [6.07, 6.45) is -0.377. The van der Waals surface area contributed by atoms with Crippen LogP contribution in [0.15, 0.2) is 0 Å². The molecule has 0 spiro atoms. The normalized spacial score (nSPS) is 18.0. The van der Waals surface area contributed by atoms with Gasteiger partial charge in [0.1, 0.15) is 0 Å². The van der Waals surface area contributed by atoms with E-state index in [4.69, 9.17) is 10.2 Å². The molecule has 11 heavy (non-hydrogen) atoms. The fraction of sp³-hybridized carbons (Fsp3) is 1.00. The number of rotatable bonds is 4. The highest BCUT2D eigenvalue weighted by Gasteiger charge is 2.23. The van der Waals surface area contributed by atoms with Crippen molar-refractivity contribution in [3.63, 3.8) is 0 Å². The van der Waals surface area contributed by atoms with E-state index in [-0.39, 0.29) is 12.5 Å². The standard InChI is InChI=1S/C8H17O3/c1-6(7(10)5-9)4-8(2,3)11/h6-7,9-10H,4-5H2,1-3H3. The summed E-state index contributed by atoms with van der Waals surface area (Å²) >= 11 is 0. The lowest BCUT2D eigenvalue weighted by Crippen LogP contribution is -2.29. The Morgan fingerprint density at radius 3 is 2.18 bits per heavy atom. The molecule has 0 saturated carbocycles. The molecule has 0 aromatic rings. The van der Waals surface area contributed by atoms with Gasteiger partial charge in [0.2, 0.25) is 0 Å². The first-order valence-corrected chi connectivity index (χ1v) is 3.86. The van der Waals surface area contributed by atoms with Gasteiger partial charge in [0.05, 0.1) is 18.3 Å². The molecule has 0 amide bonds. The second-order valence-corrected chi connectivity index (χ2v) is 3.69. The van der Waals surface area contributed by atoms with Crippen molar-refractivity contribution < 1.29 is 15.3 Å². The zero-order chi connectivity index (χ0) is 9.07. The van der Waals surface area contributed by atoms with Crippen LogP contribution in [0, 0.1) is 5.92 Å². The minimum absolute atomic E-state index is 0.132. The lowest BCUT2D eigenvalue weighted by molar-refractivity contribution is -0.0409. The van der Waals surface area contributed by atoms with Crippen molar-refractivity contribution in [1.29, 1.82) is 0 Å². The van der Waals surface area contributed by atoms with Gasteiger partial charge in [-0.05, 0) is 26.2 Å². The predicted molar refractivity (Wildman–Crippen MR) is 41.6 cm³/mol. The number of hydrogen-bond acceptors (Lipinski definition) is 2. The summed E-state index contributed by atoms with van der Waals surface area (Å²) in [5, 5.41) is 28.8. The molecule has 0 rings (SSSR count). The van der Waals surface area contributed by atoms with Gasteiger partial charge in [0, 0.05) is 0 Å². The van der Waals surface area contributed by atoms with Gasteiger partial charge in [-0.2, -0.15) is 0 Å². The zero-order valence-electron chi connectivity index (χ0n) is 7.37. The van der Waals surface area contributed by atoms with E-state index in [2.05, 4.69) is 0 Å². The number of aliphatic hydroxyl groups is 2. The molecule has 0 heterocycles. The fourth-order valence-corrected chi connectivity index (χ4v) is 1.09. The Hall–Kier alpha value is -0.120. The Kier molecular flexibility index (Phi) is 4.00. The number of aliphatic hydroxyl groups excluding tert-OH is 2. The third-order valence-corrected chi connectivity index (χ3v) is 1.66. The predicted octanol–water partition coefficient (Wildman–Crippen LogP) is 0.575. The summed E-state index contributed by atoms with van der Waals surface area (Å²) in [6, 6.07) is 0. The fourth-order valence-electron chi connectivity index (χ4n) is 1.09. The van der Waals surface area contributed by atoms with E-state index in [0.717, 1.165) is 0 Å². The maximum Gasteiger partial charge on any atom is 0.0983 e. The molecule has 0 fully saturated rings. The van der Waals surface area contributed by atoms with Gasteiger partial charge >= 0.3 is 0 Å². The smallest absolute Gasteiger partial charge is 0.0983 e. The Morgan fingerprint density at radius 1 is 1.45 bits per heavy atom. The number of hydrogen-bond donors (Lipinski definition) is 2. The lowest BCUT2D eigenvalue weighted by atomic mass is 9.91. The maximum absolute atomic E-state index is 11.1. The highest BCUT2D eigenvalue weighted by atomic mass is 16.3.